The third kappa shape index (κ3) is 2.73. The monoisotopic (exact) mass is 340 g/mol. The Morgan fingerprint density at radius 3 is 2.96 bits per heavy atom. The second kappa shape index (κ2) is 5.96. The Labute approximate surface area is 138 Å². The summed E-state index contributed by atoms with van der Waals surface area (Å²) >= 11 is 0. The molecule has 124 valence electrons. The lowest BCUT2D eigenvalue weighted by atomic mass is 10.3. The van der Waals surface area contributed by atoms with Gasteiger partial charge < -0.3 is 9.73 Å². The second-order valence-corrected chi connectivity index (χ2v) is 4.83. The number of carbonyl (C=O) groups is 1. The van der Waals surface area contributed by atoms with Gasteiger partial charge in [-0.05, 0) is 0 Å². The Kier molecular flexibility index (Phi) is 3.50. The minimum absolute atomic E-state index is 0.0260. The Morgan fingerprint density at radius 1 is 1.28 bits per heavy atom. The molecule has 0 atom stereocenters. The lowest BCUT2D eigenvalue weighted by Gasteiger charge is -2.02. The van der Waals surface area contributed by atoms with Gasteiger partial charge in [0.05, 0.1) is 18.1 Å². The summed E-state index contributed by atoms with van der Waals surface area (Å²) in [5.74, 6) is -1.31. The molecule has 3 N–H and O–H groups in total. The fourth-order valence-corrected chi connectivity index (χ4v) is 2.11. The minimum Gasteiger partial charge on any atom is -0.443 e. The Morgan fingerprint density at radius 2 is 2.20 bits per heavy atom. The third-order valence-electron chi connectivity index (χ3n) is 3.25. The Hall–Kier alpha value is -3.89. The fraction of sp³-hybridized carbons (Fsp3) is 0. The van der Waals surface area contributed by atoms with Crippen molar-refractivity contribution in [3.8, 4) is 22.8 Å². The highest BCUT2D eigenvalue weighted by molar-refractivity contribution is 6.04. The molecule has 0 fully saturated rings. The summed E-state index contributed by atoms with van der Waals surface area (Å²) in [4.78, 5) is 24.4. The number of carbonyl (C=O) groups excluding carboxylic acids is 1. The molecule has 4 rings (SSSR count). The van der Waals surface area contributed by atoms with Gasteiger partial charge in [-0.2, -0.15) is 14.6 Å². The van der Waals surface area contributed by atoms with Gasteiger partial charge in [-0.1, -0.05) is 0 Å². The SMILES string of the molecule is O=C(Nc1c[nH]nc1-c1cnccn1)c1coc(-c2cn[nH]c2F)n1. The van der Waals surface area contributed by atoms with Gasteiger partial charge in [-0.25, -0.2) is 4.98 Å². The van der Waals surface area contributed by atoms with E-state index in [-0.39, 0.29) is 17.1 Å². The van der Waals surface area contributed by atoms with Crippen molar-refractivity contribution in [2.75, 3.05) is 5.32 Å². The van der Waals surface area contributed by atoms with E-state index < -0.39 is 11.9 Å². The summed E-state index contributed by atoms with van der Waals surface area (Å²) in [5, 5.41) is 15.0. The molecule has 0 saturated heterocycles. The number of aromatic nitrogens is 7. The predicted molar refractivity (Wildman–Crippen MR) is 81.6 cm³/mol. The first-order chi connectivity index (χ1) is 12.2. The van der Waals surface area contributed by atoms with Crippen molar-refractivity contribution in [3.63, 3.8) is 0 Å². The quantitative estimate of drug-likeness (QED) is 0.513. The number of aromatic amines is 2. The number of nitrogens with zero attached hydrogens (tertiary/aromatic N) is 5. The molecule has 10 nitrogen and oxygen atoms in total. The molecular weight excluding hydrogens is 331 g/mol. The molecule has 4 aromatic rings. The van der Waals surface area contributed by atoms with Crippen LogP contribution in [0.25, 0.3) is 22.8 Å². The molecule has 0 aromatic carbocycles. The normalized spacial score (nSPS) is 10.8. The average Bonchev–Trinajstić information content (AvgIpc) is 3.35. The smallest absolute Gasteiger partial charge is 0.277 e. The number of amides is 1. The van der Waals surface area contributed by atoms with E-state index in [0.29, 0.717) is 17.1 Å². The van der Waals surface area contributed by atoms with Crippen LogP contribution < -0.4 is 5.32 Å². The molecule has 0 aliphatic heterocycles. The number of hydrogen-bond donors (Lipinski definition) is 3. The maximum Gasteiger partial charge on any atom is 0.277 e. The maximum absolute atomic E-state index is 13.4. The molecule has 0 aliphatic rings. The topological polar surface area (TPSA) is 138 Å². The average molecular weight is 340 g/mol. The number of hydrogen-bond acceptors (Lipinski definition) is 7. The number of H-pyrrole nitrogens is 2. The molecule has 0 bridgehead atoms. The zero-order valence-corrected chi connectivity index (χ0v) is 12.4. The molecule has 0 saturated carbocycles. The van der Waals surface area contributed by atoms with E-state index in [1.165, 1.54) is 31.0 Å². The molecule has 0 spiro atoms. The van der Waals surface area contributed by atoms with Gasteiger partial charge in [0.2, 0.25) is 11.8 Å². The third-order valence-corrected chi connectivity index (χ3v) is 3.25. The van der Waals surface area contributed by atoms with Crippen LogP contribution in [0.2, 0.25) is 0 Å². The van der Waals surface area contributed by atoms with Gasteiger partial charge in [-0.3, -0.25) is 25.0 Å². The Bertz CT molecular complexity index is 1020. The van der Waals surface area contributed by atoms with Crippen LogP contribution in [0.3, 0.4) is 0 Å². The van der Waals surface area contributed by atoms with Gasteiger partial charge in [0.25, 0.3) is 5.91 Å². The fourth-order valence-electron chi connectivity index (χ4n) is 2.11. The van der Waals surface area contributed by atoms with E-state index >= 15 is 0 Å². The first-order valence-corrected chi connectivity index (χ1v) is 6.98. The van der Waals surface area contributed by atoms with Crippen molar-refractivity contribution in [2.24, 2.45) is 0 Å². The van der Waals surface area contributed by atoms with E-state index in [1.807, 2.05) is 0 Å². The van der Waals surface area contributed by atoms with Crippen LogP contribution in [0.5, 0.6) is 0 Å². The molecule has 25 heavy (non-hydrogen) atoms. The van der Waals surface area contributed by atoms with Gasteiger partial charge in [0, 0.05) is 18.6 Å². The highest BCUT2D eigenvalue weighted by Crippen LogP contribution is 2.24. The number of oxazole rings is 1. The van der Waals surface area contributed by atoms with Crippen LogP contribution in [0.1, 0.15) is 10.5 Å². The molecule has 0 radical (unpaired) electrons. The van der Waals surface area contributed by atoms with Gasteiger partial charge in [0.15, 0.2) is 5.69 Å². The number of nitrogens with one attached hydrogen (secondary N) is 3. The first-order valence-electron chi connectivity index (χ1n) is 6.98. The lowest BCUT2D eigenvalue weighted by molar-refractivity contribution is 0.102. The van der Waals surface area contributed by atoms with Crippen LogP contribution in [0.4, 0.5) is 10.1 Å². The van der Waals surface area contributed by atoms with E-state index in [1.54, 1.807) is 0 Å². The van der Waals surface area contributed by atoms with Crippen LogP contribution in [0, 0.1) is 5.95 Å². The van der Waals surface area contributed by atoms with Crippen LogP contribution in [-0.4, -0.2) is 41.3 Å². The van der Waals surface area contributed by atoms with Crippen molar-refractivity contribution in [3.05, 3.63) is 48.9 Å². The summed E-state index contributed by atoms with van der Waals surface area (Å²) in [5.41, 5.74) is 1.31. The summed E-state index contributed by atoms with van der Waals surface area (Å²) in [6.45, 7) is 0. The van der Waals surface area contributed by atoms with Crippen LogP contribution in [0.15, 0.2) is 41.7 Å². The van der Waals surface area contributed by atoms with Crippen molar-refractivity contribution >= 4 is 11.6 Å². The van der Waals surface area contributed by atoms with E-state index in [2.05, 4.69) is 40.7 Å². The van der Waals surface area contributed by atoms with E-state index in [9.17, 15) is 9.18 Å². The second-order valence-electron chi connectivity index (χ2n) is 4.83. The van der Waals surface area contributed by atoms with Gasteiger partial charge in [-0.15, -0.1) is 0 Å². The van der Waals surface area contributed by atoms with Crippen molar-refractivity contribution in [1.82, 2.24) is 35.3 Å². The zero-order chi connectivity index (χ0) is 17.2. The predicted octanol–water partition coefficient (Wildman–Crippen LogP) is 1.64. The molecule has 4 aromatic heterocycles. The summed E-state index contributed by atoms with van der Waals surface area (Å²) in [6.07, 6.45) is 8.39. The number of halogens is 1. The first kappa shape index (κ1) is 14.7. The zero-order valence-electron chi connectivity index (χ0n) is 12.4. The maximum atomic E-state index is 13.4. The number of anilines is 1. The van der Waals surface area contributed by atoms with Crippen molar-refractivity contribution < 1.29 is 13.6 Å². The lowest BCUT2D eigenvalue weighted by Crippen LogP contribution is -2.12. The highest BCUT2D eigenvalue weighted by Gasteiger charge is 2.19. The molecule has 0 aliphatic carbocycles. The molecular formula is C14H9FN8O2. The summed E-state index contributed by atoms with van der Waals surface area (Å²) in [7, 11) is 0. The number of rotatable bonds is 4. The van der Waals surface area contributed by atoms with Crippen molar-refractivity contribution in [1.29, 1.82) is 0 Å². The standard InChI is InChI=1S/C14H9FN8O2/c15-12-7(3-18-23-12)14-21-10(6-25-14)13(24)20-9-5-19-22-11(9)8-4-16-1-2-17-8/h1-6H,(H,18,23)(H,19,22)(H,20,24). The Balaban J connectivity index is 1.57. The molecule has 1 amide bonds. The minimum atomic E-state index is -0.700. The molecule has 0 unspecified atom stereocenters. The highest BCUT2D eigenvalue weighted by atomic mass is 19.1. The summed E-state index contributed by atoms with van der Waals surface area (Å²) < 4.78 is 18.6. The summed E-state index contributed by atoms with van der Waals surface area (Å²) in [6, 6.07) is 0. The molecule has 11 heteroatoms. The van der Waals surface area contributed by atoms with Gasteiger partial charge in [0.1, 0.15) is 23.2 Å². The van der Waals surface area contributed by atoms with Crippen LogP contribution in [-0.2, 0) is 0 Å². The molecule has 4 heterocycles. The van der Waals surface area contributed by atoms with Crippen LogP contribution >= 0.6 is 0 Å². The van der Waals surface area contributed by atoms with Gasteiger partial charge >= 0.3 is 0 Å². The van der Waals surface area contributed by atoms with E-state index in [0.717, 1.165) is 6.26 Å². The van der Waals surface area contributed by atoms with Crippen molar-refractivity contribution in [2.45, 2.75) is 0 Å². The largest absolute Gasteiger partial charge is 0.443 e. The van der Waals surface area contributed by atoms with E-state index in [4.69, 9.17) is 4.42 Å².